The molecule has 0 aromatic carbocycles. The van der Waals surface area contributed by atoms with Crippen molar-refractivity contribution < 1.29 is 28.6 Å². The number of hydrogen-bond acceptors (Lipinski definition) is 6. The summed E-state index contributed by atoms with van der Waals surface area (Å²) in [6.07, 6.45) is 80.6. The van der Waals surface area contributed by atoms with Crippen molar-refractivity contribution >= 4 is 17.9 Å². The Hall–Kier alpha value is -2.11. The van der Waals surface area contributed by atoms with Crippen LogP contribution < -0.4 is 0 Å². The Kier molecular flexibility index (Phi) is 64.6. The van der Waals surface area contributed by atoms with E-state index in [2.05, 4.69) is 45.1 Å². The highest BCUT2D eigenvalue weighted by molar-refractivity contribution is 5.71. The van der Waals surface area contributed by atoms with Gasteiger partial charge in [0.2, 0.25) is 0 Å². The topological polar surface area (TPSA) is 78.9 Å². The van der Waals surface area contributed by atoms with Crippen LogP contribution in [0.4, 0.5) is 0 Å². The lowest BCUT2D eigenvalue weighted by Crippen LogP contribution is -2.30. The van der Waals surface area contributed by atoms with Gasteiger partial charge in [0, 0.05) is 19.3 Å². The highest BCUT2D eigenvalue weighted by atomic mass is 16.6. The third-order valence-corrected chi connectivity index (χ3v) is 16.0. The minimum atomic E-state index is -0.774. The third kappa shape index (κ3) is 64.6. The van der Waals surface area contributed by atoms with Gasteiger partial charge in [0.05, 0.1) is 0 Å². The molecule has 0 N–H and O–H groups in total. The molecule has 0 radical (unpaired) electrons. The Balaban J connectivity index is 4.21. The SMILES string of the molecule is CCCCC/C=C\C/C=C\CCCCCCCC(=O)OCC(COC(=O)CCCCCCCCCCCCCCCCCCCCCCCCCCCCC)OC(=O)CCCCCCCCCCCCCCCCCCC. The number of esters is 3. The molecule has 0 bridgehead atoms. The molecule has 0 aromatic heterocycles. The molecule has 454 valence electrons. The summed E-state index contributed by atoms with van der Waals surface area (Å²) in [7, 11) is 0. The van der Waals surface area contributed by atoms with E-state index in [1.165, 1.54) is 276 Å². The number of carbonyl (C=O) groups is 3. The fraction of sp³-hybridized carbons (Fsp3) is 0.901. The van der Waals surface area contributed by atoms with Crippen molar-refractivity contribution in [2.45, 2.75) is 399 Å². The van der Waals surface area contributed by atoms with Gasteiger partial charge in [-0.05, 0) is 51.4 Å². The largest absolute Gasteiger partial charge is 0.462 e. The minimum Gasteiger partial charge on any atom is -0.462 e. The molecule has 0 spiro atoms. The van der Waals surface area contributed by atoms with Crippen LogP contribution in [-0.2, 0) is 28.6 Å². The number of allylic oxidation sites excluding steroid dienone is 4. The summed E-state index contributed by atoms with van der Waals surface area (Å²) >= 11 is 0. The van der Waals surface area contributed by atoms with Crippen molar-refractivity contribution in [2.75, 3.05) is 13.2 Å². The van der Waals surface area contributed by atoms with Crippen molar-refractivity contribution in [1.29, 1.82) is 0 Å². The third-order valence-electron chi connectivity index (χ3n) is 16.0. The van der Waals surface area contributed by atoms with Crippen LogP contribution in [0.2, 0.25) is 0 Å². The van der Waals surface area contributed by atoms with Crippen molar-refractivity contribution in [3.63, 3.8) is 0 Å². The van der Waals surface area contributed by atoms with E-state index in [-0.39, 0.29) is 31.1 Å². The fourth-order valence-electron chi connectivity index (χ4n) is 10.7. The van der Waals surface area contributed by atoms with E-state index >= 15 is 0 Å². The van der Waals surface area contributed by atoms with Gasteiger partial charge >= 0.3 is 17.9 Å². The number of hydrogen-bond donors (Lipinski definition) is 0. The average molecular weight is 1080 g/mol. The number of ether oxygens (including phenoxy) is 3. The van der Waals surface area contributed by atoms with Gasteiger partial charge in [-0.3, -0.25) is 14.4 Å². The van der Waals surface area contributed by atoms with Crippen LogP contribution in [0, 0.1) is 0 Å². The Labute approximate surface area is 481 Å². The van der Waals surface area contributed by atoms with Crippen molar-refractivity contribution in [2.24, 2.45) is 0 Å². The molecule has 6 nitrogen and oxygen atoms in total. The molecule has 0 rings (SSSR count). The van der Waals surface area contributed by atoms with Gasteiger partial charge < -0.3 is 14.2 Å². The Morgan fingerprint density at radius 2 is 0.468 bits per heavy atom. The van der Waals surface area contributed by atoms with E-state index in [1.54, 1.807) is 0 Å². The molecule has 0 aliphatic heterocycles. The number of rotatable bonds is 65. The Morgan fingerprint density at radius 1 is 0.260 bits per heavy atom. The maximum atomic E-state index is 12.9. The summed E-state index contributed by atoms with van der Waals surface area (Å²) in [5.74, 6) is -0.852. The Morgan fingerprint density at radius 3 is 0.740 bits per heavy atom. The molecule has 1 unspecified atom stereocenters. The molecule has 0 amide bonds. The lowest BCUT2D eigenvalue weighted by Gasteiger charge is -2.18. The number of carbonyl (C=O) groups excluding carboxylic acids is 3. The van der Waals surface area contributed by atoms with Gasteiger partial charge in [-0.15, -0.1) is 0 Å². The van der Waals surface area contributed by atoms with Crippen LogP contribution in [0.1, 0.15) is 393 Å². The first-order chi connectivity index (χ1) is 38.0. The van der Waals surface area contributed by atoms with Crippen LogP contribution in [-0.4, -0.2) is 37.2 Å². The quantitative estimate of drug-likeness (QED) is 0.0261. The molecule has 77 heavy (non-hydrogen) atoms. The van der Waals surface area contributed by atoms with Crippen molar-refractivity contribution in [3.8, 4) is 0 Å². The lowest BCUT2D eigenvalue weighted by atomic mass is 10.0. The highest BCUT2D eigenvalue weighted by Crippen LogP contribution is 2.19. The second-order valence-electron chi connectivity index (χ2n) is 23.8. The molecule has 0 saturated heterocycles. The molecule has 0 aliphatic rings. The first-order valence-corrected chi connectivity index (χ1v) is 34.8. The predicted octanol–water partition coefficient (Wildman–Crippen LogP) is 23.8. The van der Waals surface area contributed by atoms with Crippen LogP contribution in [0.15, 0.2) is 24.3 Å². The van der Waals surface area contributed by atoms with Crippen LogP contribution in [0.3, 0.4) is 0 Å². The second-order valence-corrected chi connectivity index (χ2v) is 23.8. The minimum absolute atomic E-state index is 0.0693. The summed E-state index contributed by atoms with van der Waals surface area (Å²) in [5, 5.41) is 0. The zero-order chi connectivity index (χ0) is 55.7. The molecule has 6 heteroatoms. The van der Waals surface area contributed by atoms with E-state index < -0.39 is 6.10 Å². The maximum absolute atomic E-state index is 12.9. The first kappa shape index (κ1) is 74.9. The fourth-order valence-corrected chi connectivity index (χ4v) is 10.7. The van der Waals surface area contributed by atoms with Crippen LogP contribution >= 0.6 is 0 Å². The van der Waals surface area contributed by atoms with Crippen LogP contribution in [0.25, 0.3) is 0 Å². The molecular weight excluding hydrogens is 949 g/mol. The van der Waals surface area contributed by atoms with Crippen molar-refractivity contribution in [3.05, 3.63) is 24.3 Å². The first-order valence-electron chi connectivity index (χ1n) is 34.8. The summed E-state index contributed by atoms with van der Waals surface area (Å²) in [5.41, 5.74) is 0. The van der Waals surface area contributed by atoms with E-state index in [9.17, 15) is 14.4 Å². The summed E-state index contributed by atoms with van der Waals surface area (Å²) < 4.78 is 17.0. The summed E-state index contributed by atoms with van der Waals surface area (Å²) in [6.45, 7) is 6.68. The maximum Gasteiger partial charge on any atom is 0.306 e. The average Bonchev–Trinajstić information content (AvgIpc) is 3.43. The van der Waals surface area contributed by atoms with Gasteiger partial charge in [0.1, 0.15) is 13.2 Å². The van der Waals surface area contributed by atoms with E-state index in [0.717, 1.165) is 77.0 Å². The smallest absolute Gasteiger partial charge is 0.306 e. The monoisotopic (exact) mass is 1080 g/mol. The van der Waals surface area contributed by atoms with Crippen molar-refractivity contribution in [1.82, 2.24) is 0 Å². The van der Waals surface area contributed by atoms with Gasteiger partial charge in [-0.25, -0.2) is 0 Å². The van der Waals surface area contributed by atoms with E-state index in [0.29, 0.717) is 19.3 Å². The standard InChI is InChI=1S/C71H134O6/c1-4-7-10-13-16-19-22-25-28-30-31-32-33-34-35-36-37-38-39-41-43-46-49-52-55-58-61-64-70(73)76-67-68(66-75-69(72)63-60-57-54-51-48-45-42-27-24-21-18-15-12-9-6-3)77-71(74)65-62-59-56-53-50-47-44-40-29-26-23-20-17-14-11-8-5-2/h18,21,27,42,68H,4-17,19-20,22-26,28-41,43-67H2,1-3H3/b21-18-,42-27-. The normalized spacial score (nSPS) is 12.1. The Bertz CT molecular complexity index is 1240. The molecular formula is C71H134O6. The van der Waals surface area contributed by atoms with Gasteiger partial charge in [0.25, 0.3) is 0 Å². The van der Waals surface area contributed by atoms with E-state index in [1.807, 2.05) is 0 Å². The predicted molar refractivity (Wildman–Crippen MR) is 335 cm³/mol. The van der Waals surface area contributed by atoms with Gasteiger partial charge in [0.15, 0.2) is 6.10 Å². The molecule has 1 atom stereocenters. The summed E-state index contributed by atoms with van der Waals surface area (Å²) in [6, 6.07) is 0. The molecule has 0 saturated carbocycles. The second kappa shape index (κ2) is 66.4. The number of unbranched alkanes of at least 4 members (excludes halogenated alkanes) is 50. The molecule has 0 heterocycles. The molecule has 0 aliphatic carbocycles. The highest BCUT2D eigenvalue weighted by Gasteiger charge is 2.19. The lowest BCUT2D eigenvalue weighted by molar-refractivity contribution is -0.167. The zero-order valence-electron chi connectivity index (χ0n) is 52.3. The van der Waals surface area contributed by atoms with E-state index in [4.69, 9.17) is 14.2 Å². The van der Waals surface area contributed by atoms with Gasteiger partial charge in [-0.1, -0.05) is 347 Å². The molecule has 0 fully saturated rings. The molecule has 0 aromatic rings. The van der Waals surface area contributed by atoms with Crippen LogP contribution in [0.5, 0.6) is 0 Å². The summed E-state index contributed by atoms with van der Waals surface area (Å²) in [4.78, 5) is 38.4. The zero-order valence-corrected chi connectivity index (χ0v) is 52.3. The van der Waals surface area contributed by atoms with Gasteiger partial charge in [-0.2, -0.15) is 0 Å².